The number of carboxylic acid groups (broad SMARTS) is 1. The Hall–Kier alpha value is -2.05. The van der Waals surface area contributed by atoms with Gasteiger partial charge in [-0.05, 0) is 0 Å². The summed E-state index contributed by atoms with van der Waals surface area (Å²) in [7, 11) is 1.18. The molecule has 1 heterocycles. The van der Waals surface area contributed by atoms with Crippen LogP contribution in [0.25, 0.3) is 0 Å². The molecule has 0 radical (unpaired) electrons. The lowest BCUT2D eigenvalue weighted by Gasteiger charge is -2.22. The van der Waals surface area contributed by atoms with Crippen molar-refractivity contribution in [3.8, 4) is 0 Å². The molecule has 0 aromatic heterocycles. The lowest BCUT2D eigenvalue weighted by molar-refractivity contribution is -0.138. The van der Waals surface area contributed by atoms with Gasteiger partial charge in [0.2, 0.25) is 0 Å². The van der Waals surface area contributed by atoms with Crippen LogP contribution in [-0.2, 0) is 14.3 Å². The zero-order chi connectivity index (χ0) is 11.4. The maximum absolute atomic E-state index is 11.2. The molecule has 82 valence electrons. The first-order chi connectivity index (χ1) is 7.04. The van der Waals surface area contributed by atoms with Crippen LogP contribution in [0.15, 0.2) is 11.8 Å². The lowest BCUT2D eigenvalue weighted by Crippen LogP contribution is -2.48. The van der Waals surface area contributed by atoms with Crippen molar-refractivity contribution in [2.45, 2.75) is 12.5 Å². The third-order valence-corrected chi connectivity index (χ3v) is 1.84. The minimum absolute atomic E-state index is 0.0829. The van der Waals surface area contributed by atoms with Crippen molar-refractivity contribution in [1.82, 2.24) is 10.6 Å². The summed E-state index contributed by atoms with van der Waals surface area (Å²) < 4.78 is 4.45. The van der Waals surface area contributed by atoms with E-state index in [0.29, 0.717) is 0 Å². The molecule has 0 aromatic rings. The topological polar surface area (TPSA) is 105 Å². The fourth-order valence-corrected chi connectivity index (χ4v) is 1.18. The molecule has 1 aliphatic rings. The SMILES string of the molecule is COC(=O)C1=CNC(=O)NC1CC(=O)O. The molecule has 2 amide bonds. The van der Waals surface area contributed by atoms with E-state index in [1.165, 1.54) is 7.11 Å². The van der Waals surface area contributed by atoms with Crippen molar-refractivity contribution in [1.29, 1.82) is 0 Å². The van der Waals surface area contributed by atoms with Gasteiger partial charge in [-0.2, -0.15) is 0 Å². The van der Waals surface area contributed by atoms with E-state index >= 15 is 0 Å². The first kappa shape index (κ1) is 11.0. The molecule has 0 spiro atoms. The molecule has 15 heavy (non-hydrogen) atoms. The summed E-state index contributed by atoms with van der Waals surface area (Å²) in [6.45, 7) is 0. The highest BCUT2D eigenvalue weighted by molar-refractivity contribution is 5.94. The Morgan fingerprint density at radius 2 is 2.27 bits per heavy atom. The van der Waals surface area contributed by atoms with E-state index in [1.54, 1.807) is 0 Å². The Labute approximate surface area is 85.1 Å². The van der Waals surface area contributed by atoms with Gasteiger partial charge in [0.1, 0.15) is 0 Å². The van der Waals surface area contributed by atoms with Gasteiger partial charge in [0, 0.05) is 6.20 Å². The van der Waals surface area contributed by atoms with Crippen molar-refractivity contribution in [3.63, 3.8) is 0 Å². The number of methoxy groups -OCH3 is 1. The Morgan fingerprint density at radius 3 is 2.80 bits per heavy atom. The summed E-state index contributed by atoms with van der Waals surface area (Å²) in [6.07, 6.45) is 0.784. The molecule has 7 nitrogen and oxygen atoms in total. The predicted octanol–water partition coefficient (Wildman–Crippen LogP) is -0.801. The standard InChI is InChI=1S/C8H10N2O5/c1-15-7(13)4-3-9-8(14)10-5(4)2-6(11)12/h3,5H,2H2,1H3,(H,11,12)(H2,9,10,14). The third-order valence-electron chi connectivity index (χ3n) is 1.84. The number of carboxylic acids is 1. The largest absolute Gasteiger partial charge is 0.481 e. The summed E-state index contributed by atoms with van der Waals surface area (Å²) in [5.41, 5.74) is 0.0829. The van der Waals surface area contributed by atoms with Crippen molar-refractivity contribution in [2.75, 3.05) is 7.11 Å². The molecule has 1 atom stereocenters. The van der Waals surface area contributed by atoms with Gasteiger partial charge in [-0.1, -0.05) is 0 Å². The average Bonchev–Trinajstić information content (AvgIpc) is 2.16. The molecule has 0 saturated heterocycles. The molecule has 0 saturated carbocycles. The highest BCUT2D eigenvalue weighted by Crippen LogP contribution is 2.11. The molecule has 0 fully saturated rings. The van der Waals surface area contributed by atoms with Gasteiger partial charge >= 0.3 is 18.0 Å². The van der Waals surface area contributed by atoms with Crippen LogP contribution in [0.4, 0.5) is 4.79 Å². The maximum Gasteiger partial charge on any atom is 0.337 e. The number of urea groups is 1. The van der Waals surface area contributed by atoms with E-state index in [0.717, 1.165) is 6.20 Å². The van der Waals surface area contributed by atoms with Gasteiger partial charge in [0.25, 0.3) is 0 Å². The molecule has 7 heteroatoms. The number of hydrogen-bond acceptors (Lipinski definition) is 4. The fraction of sp³-hybridized carbons (Fsp3) is 0.375. The van der Waals surface area contributed by atoms with Gasteiger partial charge in [0.15, 0.2) is 0 Å². The second-order valence-electron chi connectivity index (χ2n) is 2.86. The molecular weight excluding hydrogens is 204 g/mol. The molecule has 0 aliphatic carbocycles. The van der Waals surface area contributed by atoms with Crippen LogP contribution in [0.3, 0.4) is 0 Å². The smallest absolute Gasteiger partial charge is 0.337 e. The summed E-state index contributed by atoms with van der Waals surface area (Å²) in [6, 6.07) is -1.40. The molecule has 1 rings (SSSR count). The van der Waals surface area contributed by atoms with Crippen LogP contribution < -0.4 is 10.6 Å². The predicted molar refractivity (Wildman–Crippen MR) is 47.8 cm³/mol. The van der Waals surface area contributed by atoms with Crippen LogP contribution in [0.2, 0.25) is 0 Å². The monoisotopic (exact) mass is 214 g/mol. The number of hydrogen-bond donors (Lipinski definition) is 3. The Kier molecular flexibility index (Phi) is 3.27. The highest BCUT2D eigenvalue weighted by atomic mass is 16.5. The van der Waals surface area contributed by atoms with Gasteiger partial charge in [-0.3, -0.25) is 4.79 Å². The second-order valence-corrected chi connectivity index (χ2v) is 2.86. The van der Waals surface area contributed by atoms with E-state index in [9.17, 15) is 14.4 Å². The number of ether oxygens (including phenoxy) is 1. The normalized spacial score (nSPS) is 19.7. The van der Waals surface area contributed by atoms with Gasteiger partial charge in [-0.25, -0.2) is 9.59 Å². The van der Waals surface area contributed by atoms with Gasteiger partial charge in [0.05, 0.1) is 25.1 Å². The summed E-state index contributed by atoms with van der Waals surface area (Å²) in [5.74, 6) is -1.79. The van der Waals surface area contributed by atoms with Crippen molar-refractivity contribution >= 4 is 18.0 Å². The maximum atomic E-state index is 11.2. The van der Waals surface area contributed by atoms with Crippen molar-refractivity contribution < 1.29 is 24.2 Å². The van der Waals surface area contributed by atoms with Gasteiger partial charge in [-0.15, -0.1) is 0 Å². The Balaban J connectivity index is 2.84. The summed E-state index contributed by atoms with van der Waals surface area (Å²) in [5, 5.41) is 13.1. The van der Waals surface area contributed by atoms with Crippen molar-refractivity contribution in [2.24, 2.45) is 0 Å². The van der Waals surface area contributed by atoms with E-state index in [1.807, 2.05) is 0 Å². The molecule has 3 N–H and O–H groups in total. The minimum atomic E-state index is -1.11. The van der Waals surface area contributed by atoms with E-state index in [-0.39, 0.29) is 12.0 Å². The Bertz CT molecular complexity index is 336. The first-order valence-electron chi connectivity index (χ1n) is 4.11. The van der Waals surface area contributed by atoms with Crippen LogP contribution in [0.5, 0.6) is 0 Å². The zero-order valence-electron chi connectivity index (χ0n) is 7.94. The highest BCUT2D eigenvalue weighted by Gasteiger charge is 2.28. The zero-order valence-corrected chi connectivity index (χ0v) is 7.94. The van der Waals surface area contributed by atoms with Crippen LogP contribution in [0.1, 0.15) is 6.42 Å². The number of esters is 1. The van der Waals surface area contributed by atoms with Crippen molar-refractivity contribution in [3.05, 3.63) is 11.8 Å². The van der Waals surface area contributed by atoms with E-state index < -0.39 is 24.0 Å². The van der Waals surface area contributed by atoms with Gasteiger partial charge < -0.3 is 20.5 Å². The Morgan fingerprint density at radius 1 is 1.60 bits per heavy atom. The number of amides is 2. The fourth-order valence-electron chi connectivity index (χ4n) is 1.18. The molecule has 0 bridgehead atoms. The summed E-state index contributed by atoms with van der Waals surface area (Å²) >= 11 is 0. The van der Waals surface area contributed by atoms with Crippen LogP contribution >= 0.6 is 0 Å². The second kappa shape index (κ2) is 4.45. The third kappa shape index (κ3) is 2.70. The molecule has 0 aromatic carbocycles. The number of carbonyl (C=O) groups is 3. The molecule has 1 aliphatic heterocycles. The average molecular weight is 214 g/mol. The molecule has 1 unspecified atom stereocenters. The first-order valence-corrected chi connectivity index (χ1v) is 4.11. The number of nitrogens with one attached hydrogen (secondary N) is 2. The minimum Gasteiger partial charge on any atom is -0.481 e. The number of carbonyl (C=O) groups excluding carboxylic acids is 2. The lowest BCUT2D eigenvalue weighted by atomic mass is 10.0. The quantitative estimate of drug-likeness (QED) is 0.533. The number of aliphatic carboxylic acids is 1. The van der Waals surface area contributed by atoms with Crippen LogP contribution in [-0.4, -0.2) is 36.2 Å². The number of rotatable bonds is 3. The van der Waals surface area contributed by atoms with E-state index in [2.05, 4.69) is 15.4 Å². The van der Waals surface area contributed by atoms with Crippen LogP contribution in [0, 0.1) is 0 Å². The summed E-state index contributed by atoms with van der Waals surface area (Å²) in [4.78, 5) is 32.6. The molecular formula is C8H10N2O5. The van der Waals surface area contributed by atoms with E-state index in [4.69, 9.17) is 5.11 Å².